The second-order valence-corrected chi connectivity index (χ2v) is 8.56. The molecule has 2 aromatic rings. The van der Waals surface area contributed by atoms with Gasteiger partial charge in [0, 0.05) is 36.6 Å². The molecule has 0 bridgehead atoms. The van der Waals surface area contributed by atoms with E-state index in [4.69, 9.17) is 16.3 Å². The van der Waals surface area contributed by atoms with Crippen molar-refractivity contribution < 1.29 is 14.6 Å². The highest BCUT2D eigenvalue weighted by Gasteiger charge is 2.31. The van der Waals surface area contributed by atoms with Crippen LogP contribution < -0.4 is 10.1 Å². The third-order valence-corrected chi connectivity index (χ3v) is 5.93. The summed E-state index contributed by atoms with van der Waals surface area (Å²) >= 11 is 5.92. The number of benzene rings is 2. The summed E-state index contributed by atoms with van der Waals surface area (Å²) in [5, 5.41) is 14.1. The first kappa shape index (κ1) is 20.2. The predicted octanol–water partition coefficient (Wildman–Crippen LogP) is 3.98. The maximum absolute atomic E-state index is 12.3. The van der Waals surface area contributed by atoms with Gasteiger partial charge in [-0.05, 0) is 61.2 Å². The Morgan fingerprint density at radius 2 is 1.93 bits per heavy atom. The van der Waals surface area contributed by atoms with Gasteiger partial charge < -0.3 is 15.2 Å². The van der Waals surface area contributed by atoms with E-state index in [-0.39, 0.29) is 17.9 Å². The fraction of sp³-hybridized carbons (Fsp3) is 0.435. The SMILES string of the molecule is O=C(N[C@H]1C[C@@H](O)CN(Cc2cccc(Oc3ccc(Cl)cc3)c2)C1)C1CCC1. The quantitative estimate of drug-likeness (QED) is 0.750. The number of aliphatic hydroxyl groups excluding tert-OH is 1. The lowest BCUT2D eigenvalue weighted by Gasteiger charge is -2.37. The molecule has 1 aliphatic carbocycles. The lowest BCUT2D eigenvalue weighted by Crippen LogP contribution is -2.53. The van der Waals surface area contributed by atoms with Gasteiger partial charge in [0.15, 0.2) is 0 Å². The molecule has 1 saturated carbocycles. The van der Waals surface area contributed by atoms with Gasteiger partial charge in [-0.1, -0.05) is 30.2 Å². The molecule has 2 aliphatic rings. The maximum Gasteiger partial charge on any atom is 0.223 e. The third-order valence-electron chi connectivity index (χ3n) is 5.68. The summed E-state index contributed by atoms with van der Waals surface area (Å²) in [6, 6.07) is 15.2. The zero-order valence-corrected chi connectivity index (χ0v) is 17.1. The Kier molecular flexibility index (Phi) is 6.38. The average Bonchev–Trinajstić information content (AvgIpc) is 2.62. The summed E-state index contributed by atoms with van der Waals surface area (Å²) in [6.07, 6.45) is 3.32. The van der Waals surface area contributed by atoms with Crippen molar-refractivity contribution in [3.8, 4) is 11.5 Å². The van der Waals surface area contributed by atoms with Gasteiger partial charge in [0.1, 0.15) is 11.5 Å². The molecule has 6 heteroatoms. The number of nitrogens with one attached hydrogen (secondary N) is 1. The van der Waals surface area contributed by atoms with E-state index in [2.05, 4.69) is 16.3 Å². The lowest BCUT2D eigenvalue weighted by molar-refractivity contribution is -0.128. The second-order valence-electron chi connectivity index (χ2n) is 8.12. The number of likely N-dealkylation sites (tertiary alicyclic amines) is 1. The molecule has 154 valence electrons. The first-order chi connectivity index (χ1) is 14.0. The van der Waals surface area contributed by atoms with E-state index >= 15 is 0 Å². The minimum atomic E-state index is -0.427. The van der Waals surface area contributed by atoms with Crippen LogP contribution in [0.1, 0.15) is 31.2 Å². The number of hydrogen-bond acceptors (Lipinski definition) is 4. The summed E-state index contributed by atoms with van der Waals surface area (Å²) < 4.78 is 5.92. The zero-order valence-electron chi connectivity index (χ0n) is 16.4. The number of amides is 1. The van der Waals surface area contributed by atoms with Gasteiger partial charge in [-0.25, -0.2) is 0 Å². The van der Waals surface area contributed by atoms with Crippen LogP contribution in [0.2, 0.25) is 5.02 Å². The molecule has 1 saturated heterocycles. The molecule has 2 aromatic carbocycles. The van der Waals surface area contributed by atoms with Crippen molar-refractivity contribution in [3.05, 3.63) is 59.1 Å². The minimum Gasteiger partial charge on any atom is -0.457 e. The molecule has 5 nitrogen and oxygen atoms in total. The van der Waals surface area contributed by atoms with Crippen molar-refractivity contribution in [3.63, 3.8) is 0 Å². The zero-order chi connectivity index (χ0) is 20.2. The molecular formula is C23H27ClN2O3. The Morgan fingerprint density at radius 1 is 1.14 bits per heavy atom. The van der Waals surface area contributed by atoms with Crippen molar-refractivity contribution in [1.82, 2.24) is 10.2 Å². The monoisotopic (exact) mass is 414 g/mol. The first-order valence-corrected chi connectivity index (χ1v) is 10.7. The normalized spacial score (nSPS) is 22.7. The van der Waals surface area contributed by atoms with E-state index < -0.39 is 6.10 Å². The van der Waals surface area contributed by atoms with E-state index in [9.17, 15) is 9.90 Å². The predicted molar refractivity (Wildman–Crippen MR) is 113 cm³/mol. The Bertz CT molecular complexity index is 838. The van der Waals surface area contributed by atoms with Crippen LogP contribution in [0.15, 0.2) is 48.5 Å². The van der Waals surface area contributed by atoms with E-state index in [0.29, 0.717) is 24.5 Å². The molecule has 0 spiro atoms. The Morgan fingerprint density at radius 3 is 2.66 bits per heavy atom. The van der Waals surface area contributed by atoms with Gasteiger partial charge in [-0.15, -0.1) is 0 Å². The van der Waals surface area contributed by atoms with Crippen LogP contribution in [0.3, 0.4) is 0 Å². The molecule has 4 rings (SSSR count). The number of rotatable bonds is 6. The number of halogens is 1. The summed E-state index contributed by atoms with van der Waals surface area (Å²) in [6.45, 7) is 2.06. The topological polar surface area (TPSA) is 61.8 Å². The van der Waals surface area contributed by atoms with Gasteiger partial charge in [0.2, 0.25) is 5.91 Å². The molecule has 1 aliphatic heterocycles. The highest BCUT2D eigenvalue weighted by Crippen LogP contribution is 2.27. The number of ether oxygens (including phenoxy) is 1. The van der Waals surface area contributed by atoms with Crippen LogP contribution in [0.25, 0.3) is 0 Å². The summed E-state index contributed by atoms with van der Waals surface area (Å²) in [4.78, 5) is 14.5. The molecule has 29 heavy (non-hydrogen) atoms. The van der Waals surface area contributed by atoms with E-state index in [0.717, 1.165) is 42.9 Å². The molecule has 1 amide bonds. The fourth-order valence-corrected chi connectivity index (χ4v) is 4.12. The van der Waals surface area contributed by atoms with Crippen molar-refractivity contribution in [2.24, 2.45) is 5.92 Å². The maximum atomic E-state index is 12.3. The molecule has 0 unspecified atom stereocenters. The summed E-state index contributed by atoms with van der Waals surface area (Å²) in [5.41, 5.74) is 1.11. The number of piperidine rings is 1. The van der Waals surface area contributed by atoms with Crippen molar-refractivity contribution in [2.75, 3.05) is 13.1 Å². The number of β-amino-alcohol motifs (C(OH)–C–C–N with tert-alkyl or cyclic N) is 1. The molecule has 2 fully saturated rings. The van der Waals surface area contributed by atoms with Crippen LogP contribution in [-0.2, 0) is 11.3 Å². The molecule has 2 N–H and O–H groups in total. The molecule has 2 atom stereocenters. The van der Waals surface area contributed by atoms with Crippen LogP contribution in [0, 0.1) is 5.92 Å². The third kappa shape index (κ3) is 5.50. The van der Waals surface area contributed by atoms with Gasteiger partial charge in [0.05, 0.1) is 6.10 Å². The van der Waals surface area contributed by atoms with Crippen LogP contribution in [-0.4, -0.2) is 41.1 Å². The number of carbonyl (C=O) groups is 1. The standard InChI is InChI=1S/C23H27ClN2O3/c24-18-7-9-21(10-8-18)29-22-6-1-3-16(11-22)13-26-14-19(12-20(27)15-26)25-23(28)17-4-2-5-17/h1,3,6-11,17,19-20,27H,2,4-5,12-15H2,(H,25,28)/t19-,20+/m0/s1. The van der Waals surface area contributed by atoms with Crippen molar-refractivity contribution in [1.29, 1.82) is 0 Å². The number of aliphatic hydroxyl groups is 1. The van der Waals surface area contributed by atoms with Crippen LogP contribution >= 0.6 is 11.6 Å². The highest BCUT2D eigenvalue weighted by atomic mass is 35.5. The summed E-state index contributed by atoms with van der Waals surface area (Å²) in [7, 11) is 0. The van der Waals surface area contributed by atoms with Gasteiger partial charge in [-0.2, -0.15) is 0 Å². The number of nitrogens with zero attached hydrogens (tertiary/aromatic N) is 1. The van der Waals surface area contributed by atoms with E-state index in [1.165, 1.54) is 0 Å². The first-order valence-electron chi connectivity index (χ1n) is 10.3. The number of carbonyl (C=O) groups excluding carboxylic acids is 1. The van der Waals surface area contributed by atoms with Crippen LogP contribution in [0.5, 0.6) is 11.5 Å². The lowest BCUT2D eigenvalue weighted by atomic mass is 9.84. The minimum absolute atomic E-state index is 0.000324. The summed E-state index contributed by atoms with van der Waals surface area (Å²) in [5.74, 6) is 1.81. The van der Waals surface area contributed by atoms with Gasteiger partial charge in [0.25, 0.3) is 0 Å². The smallest absolute Gasteiger partial charge is 0.223 e. The fourth-order valence-electron chi connectivity index (χ4n) is 3.99. The largest absolute Gasteiger partial charge is 0.457 e. The van der Waals surface area contributed by atoms with Crippen molar-refractivity contribution in [2.45, 2.75) is 44.4 Å². The average molecular weight is 415 g/mol. The molecule has 0 radical (unpaired) electrons. The molecular weight excluding hydrogens is 388 g/mol. The number of hydrogen-bond donors (Lipinski definition) is 2. The molecule has 0 aromatic heterocycles. The Labute approximate surface area is 176 Å². The highest BCUT2D eigenvalue weighted by molar-refractivity contribution is 6.30. The van der Waals surface area contributed by atoms with E-state index in [1.807, 2.05) is 30.3 Å². The Balaban J connectivity index is 1.36. The van der Waals surface area contributed by atoms with Crippen LogP contribution in [0.4, 0.5) is 0 Å². The van der Waals surface area contributed by atoms with E-state index in [1.54, 1.807) is 12.1 Å². The van der Waals surface area contributed by atoms with Gasteiger partial charge in [-0.3, -0.25) is 9.69 Å². The van der Waals surface area contributed by atoms with Gasteiger partial charge >= 0.3 is 0 Å². The second kappa shape index (κ2) is 9.16. The van der Waals surface area contributed by atoms with Crippen molar-refractivity contribution >= 4 is 17.5 Å². The molecule has 1 heterocycles. The Hall–Kier alpha value is -2.08.